The Morgan fingerprint density at radius 1 is 1.18 bits per heavy atom. The van der Waals surface area contributed by atoms with Crippen LogP contribution in [0, 0.1) is 5.92 Å². The molecule has 0 heterocycles. The quantitative estimate of drug-likeness (QED) is 0.886. The van der Waals surface area contributed by atoms with E-state index in [4.69, 9.17) is 0 Å². The summed E-state index contributed by atoms with van der Waals surface area (Å²) in [4.78, 5) is 10.9. The molecule has 0 radical (unpaired) electrons. The molecule has 1 fully saturated rings. The third kappa shape index (κ3) is 4.73. The lowest BCUT2D eigenvalue weighted by molar-refractivity contribution is -0.189. The van der Waals surface area contributed by atoms with Gasteiger partial charge in [0.15, 0.2) is 0 Å². The van der Waals surface area contributed by atoms with Gasteiger partial charge < -0.3 is 10.6 Å². The van der Waals surface area contributed by atoms with E-state index in [9.17, 15) is 18.0 Å². The van der Waals surface area contributed by atoms with Crippen LogP contribution < -0.4 is 10.6 Å². The molecular weight excluding hydrogens is 293 g/mol. The van der Waals surface area contributed by atoms with Crippen molar-refractivity contribution in [1.82, 2.24) is 5.32 Å². The van der Waals surface area contributed by atoms with Crippen molar-refractivity contribution >= 4 is 11.6 Å². The van der Waals surface area contributed by atoms with Crippen LogP contribution in [0.15, 0.2) is 24.3 Å². The molecule has 22 heavy (non-hydrogen) atoms. The van der Waals surface area contributed by atoms with Crippen LogP contribution in [0.3, 0.4) is 0 Å². The standard InChI is InChI=1S/C16H21F3N2O/c1-11(22)21-13-8-6-12(7-9-13)10-20-15-5-3-2-4-14(15)16(17,18)19/h6-9,14-15,20H,2-5,10H2,1H3,(H,21,22). The molecule has 1 saturated carbocycles. The predicted octanol–water partition coefficient (Wildman–Crippen LogP) is 3.86. The average molecular weight is 314 g/mol. The number of benzene rings is 1. The summed E-state index contributed by atoms with van der Waals surface area (Å²) in [6.07, 6.45) is -1.87. The molecule has 0 bridgehead atoms. The van der Waals surface area contributed by atoms with Crippen molar-refractivity contribution in [2.45, 2.75) is 51.4 Å². The molecule has 0 aromatic heterocycles. The van der Waals surface area contributed by atoms with E-state index in [1.54, 1.807) is 12.1 Å². The van der Waals surface area contributed by atoms with Crippen LogP contribution in [-0.4, -0.2) is 18.1 Å². The van der Waals surface area contributed by atoms with Crippen molar-refractivity contribution in [1.29, 1.82) is 0 Å². The van der Waals surface area contributed by atoms with Gasteiger partial charge in [-0.2, -0.15) is 13.2 Å². The van der Waals surface area contributed by atoms with Crippen LogP contribution in [0.1, 0.15) is 38.2 Å². The first-order chi connectivity index (χ1) is 10.4. The number of anilines is 1. The van der Waals surface area contributed by atoms with E-state index in [0.717, 1.165) is 12.0 Å². The normalized spacial score (nSPS) is 22.4. The number of carbonyl (C=O) groups is 1. The Balaban J connectivity index is 1.92. The Morgan fingerprint density at radius 3 is 2.41 bits per heavy atom. The Labute approximate surface area is 128 Å². The minimum atomic E-state index is -4.13. The van der Waals surface area contributed by atoms with Gasteiger partial charge in [-0.05, 0) is 30.5 Å². The van der Waals surface area contributed by atoms with Gasteiger partial charge >= 0.3 is 6.18 Å². The summed E-state index contributed by atoms with van der Waals surface area (Å²) in [6.45, 7) is 1.83. The summed E-state index contributed by atoms with van der Waals surface area (Å²) < 4.78 is 39.0. The van der Waals surface area contributed by atoms with Crippen molar-refractivity contribution in [3.63, 3.8) is 0 Å². The number of alkyl halides is 3. The summed E-state index contributed by atoms with van der Waals surface area (Å²) >= 11 is 0. The molecule has 2 N–H and O–H groups in total. The maximum absolute atomic E-state index is 13.0. The van der Waals surface area contributed by atoms with Gasteiger partial charge in [-0.25, -0.2) is 0 Å². The van der Waals surface area contributed by atoms with Crippen molar-refractivity contribution in [2.75, 3.05) is 5.32 Å². The number of rotatable bonds is 4. The lowest BCUT2D eigenvalue weighted by Crippen LogP contribution is -2.45. The molecule has 1 aromatic rings. The summed E-state index contributed by atoms with van der Waals surface area (Å²) in [5.74, 6) is -1.40. The number of hydrogen-bond acceptors (Lipinski definition) is 2. The molecule has 0 aliphatic heterocycles. The average Bonchev–Trinajstić information content (AvgIpc) is 2.45. The first-order valence-corrected chi connectivity index (χ1v) is 7.53. The summed E-state index contributed by atoms with van der Waals surface area (Å²) in [5.41, 5.74) is 1.59. The summed E-state index contributed by atoms with van der Waals surface area (Å²) in [5, 5.41) is 5.70. The van der Waals surface area contributed by atoms with Crippen LogP contribution in [0.4, 0.5) is 18.9 Å². The maximum Gasteiger partial charge on any atom is 0.393 e. The van der Waals surface area contributed by atoms with E-state index in [2.05, 4.69) is 10.6 Å². The van der Waals surface area contributed by atoms with Crippen molar-refractivity contribution in [3.8, 4) is 0 Å². The Morgan fingerprint density at radius 2 is 1.82 bits per heavy atom. The highest BCUT2D eigenvalue weighted by Gasteiger charge is 2.45. The third-order valence-corrected chi connectivity index (χ3v) is 4.03. The lowest BCUT2D eigenvalue weighted by Gasteiger charge is -2.33. The molecule has 3 nitrogen and oxygen atoms in total. The van der Waals surface area contributed by atoms with Crippen LogP contribution in [0.2, 0.25) is 0 Å². The SMILES string of the molecule is CC(=O)Nc1ccc(CNC2CCCCC2C(F)(F)F)cc1. The molecular formula is C16H21F3N2O. The molecule has 6 heteroatoms. The first-order valence-electron chi connectivity index (χ1n) is 7.53. The van der Waals surface area contributed by atoms with Crippen LogP contribution in [0.5, 0.6) is 0 Å². The van der Waals surface area contributed by atoms with E-state index in [-0.39, 0.29) is 12.3 Å². The van der Waals surface area contributed by atoms with E-state index in [1.807, 2.05) is 12.1 Å². The highest BCUT2D eigenvalue weighted by Crippen LogP contribution is 2.37. The second-order valence-electron chi connectivity index (χ2n) is 5.80. The predicted molar refractivity (Wildman–Crippen MR) is 79.4 cm³/mol. The van der Waals surface area contributed by atoms with Crippen molar-refractivity contribution in [3.05, 3.63) is 29.8 Å². The molecule has 2 rings (SSSR count). The molecule has 1 aromatic carbocycles. The number of halogens is 3. The maximum atomic E-state index is 13.0. The Kier molecular flexibility index (Phi) is 5.45. The number of amides is 1. The largest absolute Gasteiger partial charge is 0.393 e. The number of carbonyl (C=O) groups excluding carboxylic acids is 1. The summed E-state index contributed by atoms with van der Waals surface area (Å²) in [6, 6.07) is 6.61. The second kappa shape index (κ2) is 7.13. The monoisotopic (exact) mass is 314 g/mol. The molecule has 1 aliphatic rings. The third-order valence-electron chi connectivity index (χ3n) is 4.03. The van der Waals surface area contributed by atoms with E-state index < -0.39 is 18.1 Å². The molecule has 1 amide bonds. The fraction of sp³-hybridized carbons (Fsp3) is 0.562. The van der Waals surface area contributed by atoms with Crippen molar-refractivity contribution < 1.29 is 18.0 Å². The smallest absolute Gasteiger partial charge is 0.326 e. The van der Waals surface area contributed by atoms with E-state index in [1.165, 1.54) is 6.92 Å². The fourth-order valence-electron chi connectivity index (χ4n) is 2.93. The van der Waals surface area contributed by atoms with Crippen molar-refractivity contribution in [2.24, 2.45) is 5.92 Å². The molecule has 1 aliphatic carbocycles. The zero-order chi connectivity index (χ0) is 16.2. The van der Waals surface area contributed by atoms with E-state index >= 15 is 0 Å². The number of hydrogen-bond donors (Lipinski definition) is 2. The Bertz CT molecular complexity index is 499. The Hall–Kier alpha value is -1.56. The highest BCUT2D eigenvalue weighted by molar-refractivity contribution is 5.88. The van der Waals surface area contributed by atoms with Crippen LogP contribution in [0.25, 0.3) is 0 Å². The van der Waals surface area contributed by atoms with Crippen LogP contribution in [-0.2, 0) is 11.3 Å². The highest BCUT2D eigenvalue weighted by atomic mass is 19.4. The first kappa shape index (κ1) is 16.8. The van der Waals surface area contributed by atoms with Gasteiger partial charge in [-0.1, -0.05) is 25.0 Å². The zero-order valence-electron chi connectivity index (χ0n) is 12.5. The minimum absolute atomic E-state index is 0.152. The number of nitrogens with one attached hydrogen (secondary N) is 2. The van der Waals surface area contributed by atoms with Gasteiger partial charge in [-0.3, -0.25) is 4.79 Å². The van der Waals surface area contributed by atoms with Gasteiger partial charge in [0.25, 0.3) is 0 Å². The molecule has 0 saturated heterocycles. The molecule has 2 atom stereocenters. The minimum Gasteiger partial charge on any atom is -0.326 e. The molecule has 122 valence electrons. The second-order valence-corrected chi connectivity index (χ2v) is 5.80. The molecule has 2 unspecified atom stereocenters. The van der Waals surface area contributed by atoms with E-state index in [0.29, 0.717) is 25.1 Å². The van der Waals surface area contributed by atoms with Gasteiger partial charge in [0.05, 0.1) is 5.92 Å². The van der Waals surface area contributed by atoms with Gasteiger partial charge in [-0.15, -0.1) is 0 Å². The van der Waals surface area contributed by atoms with Crippen LogP contribution >= 0.6 is 0 Å². The topological polar surface area (TPSA) is 41.1 Å². The lowest BCUT2D eigenvalue weighted by atomic mass is 9.84. The molecule has 0 spiro atoms. The summed E-state index contributed by atoms with van der Waals surface area (Å²) in [7, 11) is 0. The zero-order valence-corrected chi connectivity index (χ0v) is 12.5. The van der Waals surface area contributed by atoms with Gasteiger partial charge in [0.2, 0.25) is 5.91 Å². The van der Waals surface area contributed by atoms with Gasteiger partial charge in [0, 0.05) is 25.2 Å². The fourth-order valence-corrected chi connectivity index (χ4v) is 2.93. The van der Waals surface area contributed by atoms with Gasteiger partial charge in [0.1, 0.15) is 0 Å².